The fourth-order valence-electron chi connectivity index (χ4n) is 0.823. The van der Waals surface area contributed by atoms with Gasteiger partial charge in [-0.3, -0.25) is 4.79 Å². The van der Waals surface area contributed by atoms with Crippen LogP contribution in [0.3, 0.4) is 0 Å². The summed E-state index contributed by atoms with van der Waals surface area (Å²) in [5.74, 6) is -0.130. The summed E-state index contributed by atoms with van der Waals surface area (Å²) in [5, 5.41) is 2.53. The van der Waals surface area contributed by atoms with E-state index in [1.165, 1.54) is 6.92 Å². The van der Waals surface area contributed by atoms with Crippen LogP contribution in [0, 0.1) is 0 Å². The molecule has 74 valence electrons. The maximum Gasteiger partial charge on any atom is 0.221 e. The van der Waals surface area contributed by atoms with Crippen molar-refractivity contribution in [3.8, 4) is 0 Å². The van der Waals surface area contributed by atoms with Crippen molar-refractivity contribution in [2.75, 3.05) is 13.1 Å². The predicted molar refractivity (Wildman–Crippen MR) is 58.5 cm³/mol. The molecule has 0 aliphatic heterocycles. The molecule has 0 radical (unpaired) electrons. The van der Waals surface area contributed by atoms with Crippen molar-refractivity contribution >= 4 is 23.1 Å². The number of nitrogens with zero attached hydrogens (tertiary/aromatic N) is 1. The minimum atomic E-state index is -0.130. The molecule has 0 spiro atoms. The molecule has 0 rings (SSSR count). The van der Waals surface area contributed by atoms with Crippen LogP contribution in [-0.2, 0) is 4.79 Å². The first-order valence-corrected chi connectivity index (χ1v) is 4.74. The Hall–Kier alpha value is -0.900. The Labute approximate surface area is 84.8 Å². The fourth-order valence-corrected chi connectivity index (χ4v) is 1.03. The second kappa shape index (κ2) is 6.60. The van der Waals surface area contributed by atoms with Gasteiger partial charge in [0.25, 0.3) is 0 Å². The van der Waals surface area contributed by atoms with Crippen molar-refractivity contribution in [3.05, 3.63) is 12.3 Å². The molecular formula is C9H16N2OS. The van der Waals surface area contributed by atoms with E-state index in [1.54, 1.807) is 6.08 Å². The van der Waals surface area contributed by atoms with Gasteiger partial charge in [0.15, 0.2) is 0 Å². The molecule has 0 bridgehead atoms. The summed E-state index contributed by atoms with van der Waals surface area (Å²) in [5.41, 5.74) is 0. The van der Waals surface area contributed by atoms with Gasteiger partial charge in [-0.2, -0.15) is 0 Å². The van der Waals surface area contributed by atoms with Gasteiger partial charge in [-0.05, 0) is 19.9 Å². The Morgan fingerprint density at radius 3 is 2.38 bits per heavy atom. The second-order valence-electron chi connectivity index (χ2n) is 2.58. The predicted octanol–water partition coefficient (Wildman–Crippen LogP) is 1.31. The molecule has 0 atom stereocenters. The molecule has 1 amide bonds. The van der Waals surface area contributed by atoms with E-state index in [1.807, 2.05) is 6.20 Å². The molecule has 0 heterocycles. The van der Waals surface area contributed by atoms with Gasteiger partial charge in [-0.1, -0.05) is 12.2 Å². The zero-order valence-corrected chi connectivity index (χ0v) is 9.15. The molecule has 0 unspecified atom stereocenters. The first kappa shape index (κ1) is 12.1. The third-order valence-electron chi connectivity index (χ3n) is 1.55. The molecule has 3 nitrogen and oxygen atoms in total. The van der Waals surface area contributed by atoms with Gasteiger partial charge < -0.3 is 10.2 Å². The van der Waals surface area contributed by atoms with E-state index in [0.717, 1.165) is 13.1 Å². The first-order valence-electron chi connectivity index (χ1n) is 4.34. The average Bonchev–Trinajstić information content (AvgIpc) is 2.05. The minimum absolute atomic E-state index is 0.130. The van der Waals surface area contributed by atoms with Crippen LogP contribution in [0.2, 0.25) is 0 Å². The van der Waals surface area contributed by atoms with Crippen molar-refractivity contribution < 1.29 is 4.79 Å². The van der Waals surface area contributed by atoms with Crippen LogP contribution in [0.4, 0.5) is 0 Å². The van der Waals surface area contributed by atoms with Crippen LogP contribution in [-0.4, -0.2) is 28.9 Å². The van der Waals surface area contributed by atoms with Gasteiger partial charge in [0.1, 0.15) is 4.99 Å². The first-order chi connectivity index (χ1) is 6.10. The number of carbonyl (C=O) groups excluding carboxylic acids is 1. The number of rotatable bonds is 4. The van der Waals surface area contributed by atoms with Crippen molar-refractivity contribution in [1.29, 1.82) is 0 Å². The van der Waals surface area contributed by atoms with Gasteiger partial charge in [0.05, 0.1) is 0 Å². The quantitative estimate of drug-likeness (QED) is 0.548. The van der Waals surface area contributed by atoms with Crippen LogP contribution >= 0.6 is 12.2 Å². The lowest BCUT2D eigenvalue weighted by atomic mass is 10.5. The summed E-state index contributed by atoms with van der Waals surface area (Å²) in [6.45, 7) is 7.45. The lowest BCUT2D eigenvalue weighted by molar-refractivity contribution is -0.117. The van der Waals surface area contributed by atoms with E-state index in [9.17, 15) is 4.79 Å². The lowest BCUT2D eigenvalue weighted by Crippen LogP contribution is -2.25. The Bertz CT molecular complexity index is 210. The molecule has 0 saturated heterocycles. The third kappa shape index (κ3) is 6.28. The molecular weight excluding hydrogens is 184 g/mol. The monoisotopic (exact) mass is 200 g/mol. The van der Waals surface area contributed by atoms with E-state index in [-0.39, 0.29) is 5.91 Å². The molecule has 0 aromatic heterocycles. The number of thiocarbonyl (C=S) groups is 1. The van der Waals surface area contributed by atoms with Crippen LogP contribution < -0.4 is 5.32 Å². The maximum absolute atomic E-state index is 10.6. The van der Waals surface area contributed by atoms with Gasteiger partial charge in [-0.25, -0.2) is 0 Å². The number of carbonyl (C=O) groups is 1. The summed E-state index contributed by atoms with van der Waals surface area (Å²) >= 11 is 4.90. The molecule has 0 aliphatic carbocycles. The summed E-state index contributed by atoms with van der Waals surface area (Å²) in [6, 6.07) is 0. The SMILES string of the molecule is CCN(/C=C/C(=S)NC(C)=O)CC. The summed E-state index contributed by atoms with van der Waals surface area (Å²) in [4.78, 5) is 13.1. The molecule has 0 saturated carbocycles. The molecule has 0 aliphatic rings. The number of hydrogen-bond acceptors (Lipinski definition) is 3. The highest BCUT2D eigenvalue weighted by Crippen LogP contribution is 1.88. The van der Waals surface area contributed by atoms with Crippen LogP contribution in [0.1, 0.15) is 20.8 Å². The van der Waals surface area contributed by atoms with Crippen molar-refractivity contribution in [2.45, 2.75) is 20.8 Å². The second-order valence-corrected chi connectivity index (χ2v) is 3.02. The summed E-state index contributed by atoms with van der Waals surface area (Å²) in [7, 11) is 0. The topological polar surface area (TPSA) is 32.3 Å². The van der Waals surface area contributed by atoms with Gasteiger partial charge in [0.2, 0.25) is 5.91 Å². The summed E-state index contributed by atoms with van der Waals surface area (Å²) in [6.07, 6.45) is 3.61. The number of amides is 1. The maximum atomic E-state index is 10.6. The largest absolute Gasteiger partial charge is 0.378 e. The van der Waals surface area contributed by atoms with E-state index in [0.29, 0.717) is 4.99 Å². The van der Waals surface area contributed by atoms with E-state index < -0.39 is 0 Å². The van der Waals surface area contributed by atoms with Crippen LogP contribution in [0.15, 0.2) is 12.3 Å². The molecule has 4 heteroatoms. The van der Waals surface area contributed by atoms with E-state index in [4.69, 9.17) is 12.2 Å². The highest BCUT2D eigenvalue weighted by atomic mass is 32.1. The molecule has 0 aromatic carbocycles. The van der Waals surface area contributed by atoms with Crippen LogP contribution in [0.25, 0.3) is 0 Å². The van der Waals surface area contributed by atoms with Crippen molar-refractivity contribution in [1.82, 2.24) is 10.2 Å². The van der Waals surface area contributed by atoms with E-state index in [2.05, 4.69) is 24.1 Å². The smallest absolute Gasteiger partial charge is 0.221 e. The Balaban J connectivity index is 3.95. The van der Waals surface area contributed by atoms with Crippen molar-refractivity contribution in [2.24, 2.45) is 0 Å². The Kier molecular flexibility index (Phi) is 6.14. The molecule has 1 N–H and O–H groups in total. The van der Waals surface area contributed by atoms with Crippen molar-refractivity contribution in [3.63, 3.8) is 0 Å². The Morgan fingerprint density at radius 1 is 1.46 bits per heavy atom. The zero-order chi connectivity index (χ0) is 10.3. The normalized spacial score (nSPS) is 10.1. The van der Waals surface area contributed by atoms with Crippen LogP contribution in [0.5, 0.6) is 0 Å². The minimum Gasteiger partial charge on any atom is -0.378 e. The molecule has 0 fully saturated rings. The summed E-state index contributed by atoms with van der Waals surface area (Å²) < 4.78 is 0. The highest BCUT2D eigenvalue weighted by molar-refractivity contribution is 7.80. The third-order valence-corrected chi connectivity index (χ3v) is 1.79. The Morgan fingerprint density at radius 2 is 2.00 bits per heavy atom. The van der Waals surface area contributed by atoms with Gasteiger partial charge in [-0.15, -0.1) is 0 Å². The highest BCUT2D eigenvalue weighted by Gasteiger charge is 1.94. The number of nitrogens with one attached hydrogen (secondary N) is 1. The zero-order valence-electron chi connectivity index (χ0n) is 8.33. The van der Waals surface area contributed by atoms with Gasteiger partial charge in [0, 0.05) is 26.2 Å². The van der Waals surface area contributed by atoms with Gasteiger partial charge >= 0.3 is 0 Å². The lowest BCUT2D eigenvalue weighted by Gasteiger charge is -2.14. The standard InChI is InChI=1S/C9H16N2OS/c1-4-11(5-2)7-6-9(13)10-8(3)12/h6-7H,4-5H2,1-3H3,(H,10,12,13)/b7-6+. The number of hydrogen-bond donors (Lipinski definition) is 1. The molecule has 13 heavy (non-hydrogen) atoms. The molecule has 0 aromatic rings. The average molecular weight is 200 g/mol. The fraction of sp³-hybridized carbons (Fsp3) is 0.556. The van der Waals surface area contributed by atoms with E-state index >= 15 is 0 Å².